The molecule has 0 aliphatic heterocycles. The van der Waals surface area contributed by atoms with Crippen LogP contribution in [0.25, 0.3) is 0 Å². The third-order valence-electron chi connectivity index (χ3n) is 3.62. The largest absolute Gasteiger partial charge is 0.368 e. The highest BCUT2D eigenvalue weighted by Crippen LogP contribution is 2.23. The summed E-state index contributed by atoms with van der Waals surface area (Å²) >= 11 is 4.98. The maximum atomic E-state index is 12.3. The number of primary amides is 1. The number of amides is 2. The van der Waals surface area contributed by atoms with E-state index in [2.05, 4.69) is 21.2 Å². The summed E-state index contributed by atoms with van der Waals surface area (Å²) in [4.78, 5) is 26.9. The van der Waals surface area contributed by atoms with Crippen LogP contribution in [-0.2, 0) is 9.59 Å². The van der Waals surface area contributed by atoms with Crippen molar-refractivity contribution in [2.24, 2.45) is 5.73 Å². The minimum absolute atomic E-state index is 0.0659. The third-order valence-corrected chi connectivity index (χ3v) is 5.16. The van der Waals surface area contributed by atoms with Crippen molar-refractivity contribution in [1.29, 1.82) is 0 Å². The Labute approximate surface area is 154 Å². The first-order chi connectivity index (χ1) is 11.4. The van der Waals surface area contributed by atoms with Crippen molar-refractivity contribution in [3.05, 3.63) is 56.7 Å². The van der Waals surface area contributed by atoms with Gasteiger partial charge in [0.1, 0.15) is 6.04 Å². The summed E-state index contributed by atoms with van der Waals surface area (Å²) in [6.07, 6.45) is 0. The smallest absolute Gasteiger partial charge is 0.239 e. The first-order valence-electron chi connectivity index (χ1n) is 7.46. The van der Waals surface area contributed by atoms with E-state index in [9.17, 15) is 9.59 Å². The van der Waals surface area contributed by atoms with Crippen LogP contribution in [0.1, 0.15) is 29.4 Å². The molecule has 1 aromatic heterocycles. The number of carbonyl (C=O) groups is 2. The SMILES string of the molecule is C[C@@H](NC(=O)CN(C)[C@@H](C(N)=O)c1cccc(Br)c1)c1cccs1. The number of nitrogens with zero attached hydrogens (tertiary/aromatic N) is 1. The summed E-state index contributed by atoms with van der Waals surface area (Å²) in [6, 6.07) is 10.6. The number of hydrogen-bond acceptors (Lipinski definition) is 4. The van der Waals surface area contributed by atoms with Gasteiger partial charge in [-0.15, -0.1) is 11.3 Å². The van der Waals surface area contributed by atoms with Gasteiger partial charge in [-0.05, 0) is 43.1 Å². The molecule has 1 aromatic carbocycles. The normalized spacial score (nSPS) is 13.5. The van der Waals surface area contributed by atoms with Gasteiger partial charge < -0.3 is 11.1 Å². The number of likely N-dealkylation sites (N-methyl/N-ethyl adjacent to an activating group) is 1. The average Bonchev–Trinajstić information content (AvgIpc) is 3.00. The Bertz CT molecular complexity index is 706. The molecule has 0 bridgehead atoms. The number of rotatable bonds is 7. The van der Waals surface area contributed by atoms with Crippen LogP contribution in [0.2, 0.25) is 0 Å². The van der Waals surface area contributed by atoms with E-state index >= 15 is 0 Å². The summed E-state index contributed by atoms with van der Waals surface area (Å²) in [6.45, 7) is 2.01. The van der Waals surface area contributed by atoms with Gasteiger partial charge in [0.15, 0.2) is 0 Å². The Morgan fingerprint density at radius 3 is 2.67 bits per heavy atom. The van der Waals surface area contributed by atoms with Gasteiger partial charge in [-0.2, -0.15) is 0 Å². The number of benzene rings is 1. The van der Waals surface area contributed by atoms with Gasteiger partial charge in [-0.25, -0.2) is 0 Å². The van der Waals surface area contributed by atoms with Crippen molar-refractivity contribution >= 4 is 39.1 Å². The van der Waals surface area contributed by atoms with Gasteiger partial charge in [0.05, 0.1) is 12.6 Å². The van der Waals surface area contributed by atoms with Crippen LogP contribution in [0.5, 0.6) is 0 Å². The Morgan fingerprint density at radius 1 is 1.33 bits per heavy atom. The summed E-state index contributed by atoms with van der Waals surface area (Å²) in [7, 11) is 1.71. The molecule has 0 aliphatic rings. The highest BCUT2D eigenvalue weighted by atomic mass is 79.9. The van der Waals surface area contributed by atoms with Gasteiger partial charge in [-0.1, -0.05) is 34.1 Å². The molecule has 2 atom stereocenters. The number of nitrogens with one attached hydrogen (secondary N) is 1. The fraction of sp³-hybridized carbons (Fsp3) is 0.294. The zero-order chi connectivity index (χ0) is 17.7. The van der Waals surface area contributed by atoms with E-state index in [-0.39, 0.29) is 18.5 Å². The number of halogens is 1. The molecule has 0 fully saturated rings. The summed E-state index contributed by atoms with van der Waals surface area (Å²) < 4.78 is 0.857. The summed E-state index contributed by atoms with van der Waals surface area (Å²) in [5.74, 6) is -0.644. The molecule has 2 rings (SSSR count). The molecular formula is C17H20BrN3O2S. The zero-order valence-electron chi connectivity index (χ0n) is 13.5. The van der Waals surface area contributed by atoms with Gasteiger partial charge in [0.2, 0.25) is 11.8 Å². The lowest BCUT2D eigenvalue weighted by atomic mass is 10.1. The monoisotopic (exact) mass is 409 g/mol. The molecular weight excluding hydrogens is 390 g/mol. The average molecular weight is 410 g/mol. The molecule has 2 aromatic rings. The number of thiophene rings is 1. The molecule has 1 heterocycles. The minimum atomic E-state index is -0.662. The molecule has 3 N–H and O–H groups in total. The maximum absolute atomic E-state index is 12.3. The highest BCUT2D eigenvalue weighted by molar-refractivity contribution is 9.10. The molecule has 2 amide bonds. The number of nitrogens with two attached hydrogens (primary N) is 1. The quantitative estimate of drug-likeness (QED) is 0.737. The first-order valence-corrected chi connectivity index (χ1v) is 9.13. The van der Waals surface area contributed by atoms with E-state index in [0.717, 1.165) is 14.9 Å². The van der Waals surface area contributed by atoms with Crippen molar-refractivity contribution < 1.29 is 9.59 Å². The molecule has 128 valence electrons. The van der Waals surface area contributed by atoms with Crippen LogP contribution >= 0.6 is 27.3 Å². The second-order valence-electron chi connectivity index (χ2n) is 5.58. The van der Waals surface area contributed by atoms with Crippen LogP contribution < -0.4 is 11.1 Å². The molecule has 5 nitrogen and oxygen atoms in total. The van der Waals surface area contributed by atoms with Crippen LogP contribution in [0, 0.1) is 0 Å². The first kappa shape index (κ1) is 18.6. The summed E-state index contributed by atoms with van der Waals surface area (Å²) in [5, 5.41) is 4.91. The molecule has 0 spiro atoms. The predicted octanol–water partition coefficient (Wildman–Crippen LogP) is 2.85. The van der Waals surface area contributed by atoms with E-state index in [0.29, 0.717) is 0 Å². The van der Waals surface area contributed by atoms with E-state index in [1.807, 2.05) is 48.7 Å². The number of hydrogen-bond donors (Lipinski definition) is 2. The van der Waals surface area contributed by atoms with Crippen molar-refractivity contribution in [3.8, 4) is 0 Å². The van der Waals surface area contributed by atoms with E-state index < -0.39 is 11.9 Å². The van der Waals surface area contributed by atoms with Crippen LogP contribution in [0.15, 0.2) is 46.3 Å². The van der Waals surface area contributed by atoms with E-state index in [1.165, 1.54) is 0 Å². The van der Waals surface area contributed by atoms with Crippen LogP contribution in [0.3, 0.4) is 0 Å². The Balaban J connectivity index is 2.03. The Morgan fingerprint density at radius 2 is 2.08 bits per heavy atom. The van der Waals surface area contributed by atoms with Crippen molar-refractivity contribution in [3.63, 3.8) is 0 Å². The Hall–Kier alpha value is -1.70. The lowest BCUT2D eigenvalue weighted by Crippen LogP contribution is -2.42. The van der Waals surface area contributed by atoms with Crippen molar-refractivity contribution in [2.75, 3.05) is 13.6 Å². The van der Waals surface area contributed by atoms with Gasteiger partial charge >= 0.3 is 0 Å². The standard InChI is InChI=1S/C17H20BrN3O2S/c1-11(14-7-4-8-24-14)20-15(22)10-21(2)16(17(19)23)12-5-3-6-13(18)9-12/h3-9,11,16H,10H2,1-2H3,(H2,19,23)(H,20,22)/t11-,16-/m1/s1. The molecule has 24 heavy (non-hydrogen) atoms. The zero-order valence-corrected chi connectivity index (χ0v) is 15.9. The fourth-order valence-corrected chi connectivity index (χ4v) is 3.68. The fourth-order valence-electron chi connectivity index (χ4n) is 2.53. The minimum Gasteiger partial charge on any atom is -0.368 e. The molecule has 0 unspecified atom stereocenters. The molecule has 0 saturated heterocycles. The lowest BCUT2D eigenvalue weighted by molar-refractivity contribution is -0.126. The third kappa shape index (κ3) is 4.90. The van der Waals surface area contributed by atoms with Gasteiger partial charge in [0, 0.05) is 9.35 Å². The second-order valence-corrected chi connectivity index (χ2v) is 7.47. The van der Waals surface area contributed by atoms with Crippen LogP contribution in [-0.4, -0.2) is 30.3 Å². The topological polar surface area (TPSA) is 75.4 Å². The Kier molecular flexibility index (Phi) is 6.53. The van der Waals surface area contributed by atoms with E-state index in [4.69, 9.17) is 5.73 Å². The predicted molar refractivity (Wildman–Crippen MR) is 99.6 cm³/mol. The van der Waals surface area contributed by atoms with Gasteiger partial charge in [-0.3, -0.25) is 14.5 Å². The highest BCUT2D eigenvalue weighted by Gasteiger charge is 2.25. The molecule has 0 radical (unpaired) electrons. The maximum Gasteiger partial charge on any atom is 0.239 e. The van der Waals surface area contributed by atoms with E-state index in [1.54, 1.807) is 23.3 Å². The van der Waals surface area contributed by atoms with Crippen LogP contribution in [0.4, 0.5) is 0 Å². The molecule has 7 heteroatoms. The summed E-state index contributed by atoms with van der Waals surface area (Å²) in [5.41, 5.74) is 6.30. The van der Waals surface area contributed by atoms with Crippen molar-refractivity contribution in [1.82, 2.24) is 10.2 Å². The molecule has 0 saturated carbocycles. The molecule has 0 aliphatic carbocycles. The van der Waals surface area contributed by atoms with Gasteiger partial charge in [0.25, 0.3) is 0 Å². The van der Waals surface area contributed by atoms with Crippen molar-refractivity contribution in [2.45, 2.75) is 19.0 Å². The lowest BCUT2D eigenvalue weighted by Gasteiger charge is -2.26. The number of carbonyl (C=O) groups excluding carboxylic acids is 2. The second kappa shape index (κ2) is 8.41.